The second-order valence-electron chi connectivity index (χ2n) is 6.64. The number of amides is 1. The average Bonchev–Trinajstić information content (AvgIpc) is 2.76. The van der Waals surface area contributed by atoms with E-state index in [0.29, 0.717) is 12.5 Å². The summed E-state index contributed by atoms with van der Waals surface area (Å²) in [5.74, 6) is 0.536. The van der Waals surface area contributed by atoms with Crippen LogP contribution >= 0.6 is 0 Å². The Bertz CT molecular complexity index is 418. The van der Waals surface area contributed by atoms with Crippen LogP contribution in [0.5, 0.6) is 0 Å². The van der Waals surface area contributed by atoms with Gasteiger partial charge in [0.2, 0.25) is 5.91 Å². The van der Waals surface area contributed by atoms with E-state index in [-0.39, 0.29) is 11.5 Å². The third kappa shape index (κ3) is 4.34. The molecule has 1 aromatic heterocycles. The summed E-state index contributed by atoms with van der Waals surface area (Å²) in [6.07, 6.45) is 6.73. The molecule has 0 aliphatic heterocycles. The van der Waals surface area contributed by atoms with E-state index in [1.54, 1.807) is 12.5 Å². The standard InChI is InChI=1S/C15H26N4O/c1-15(2,3)18-7-8-19(10-13-9-16-11-17-13)14(20)12-5-4-6-12/h9,11-12,18H,4-8,10H2,1-3H3,(H,16,17). The number of hydrogen-bond acceptors (Lipinski definition) is 3. The lowest BCUT2D eigenvalue weighted by Crippen LogP contribution is -2.45. The van der Waals surface area contributed by atoms with Gasteiger partial charge in [-0.1, -0.05) is 6.42 Å². The molecule has 0 saturated heterocycles. The summed E-state index contributed by atoms with van der Waals surface area (Å²) >= 11 is 0. The summed E-state index contributed by atoms with van der Waals surface area (Å²) < 4.78 is 0. The first-order valence-corrected chi connectivity index (χ1v) is 7.47. The fraction of sp³-hybridized carbons (Fsp3) is 0.733. The highest BCUT2D eigenvalue weighted by Gasteiger charge is 2.29. The molecular weight excluding hydrogens is 252 g/mol. The third-order valence-corrected chi connectivity index (χ3v) is 3.72. The molecule has 1 aromatic rings. The summed E-state index contributed by atoms with van der Waals surface area (Å²) in [5.41, 5.74) is 1.08. The highest BCUT2D eigenvalue weighted by atomic mass is 16.2. The molecule has 1 heterocycles. The monoisotopic (exact) mass is 278 g/mol. The second-order valence-corrected chi connectivity index (χ2v) is 6.64. The maximum atomic E-state index is 12.5. The Morgan fingerprint density at radius 3 is 2.75 bits per heavy atom. The number of carbonyl (C=O) groups is 1. The van der Waals surface area contributed by atoms with E-state index in [2.05, 4.69) is 36.1 Å². The van der Waals surface area contributed by atoms with Crippen molar-refractivity contribution in [3.8, 4) is 0 Å². The van der Waals surface area contributed by atoms with E-state index < -0.39 is 0 Å². The number of nitrogens with one attached hydrogen (secondary N) is 2. The molecule has 1 saturated carbocycles. The van der Waals surface area contributed by atoms with Crippen LogP contribution < -0.4 is 5.32 Å². The van der Waals surface area contributed by atoms with Crippen LogP contribution in [-0.2, 0) is 11.3 Å². The van der Waals surface area contributed by atoms with E-state index in [4.69, 9.17) is 0 Å². The molecule has 5 heteroatoms. The minimum Gasteiger partial charge on any atom is -0.347 e. The number of H-pyrrole nitrogens is 1. The van der Waals surface area contributed by atoms with Crippen molar-refractivity contribution in [2.75, 3.05) is 13.1 Å². The van der Waals surface area contributed by atoms with Crippen LogP contribution in [0, 0.1) is 5.92 Å². The minimum atomic E-state index is 0.0825. The Kier molecular flexibility index (Phi) is 4.81. The van der Waals surface area contributed by atoms with Gasteiger partial charge in [0.05, 0.1) is 18.6 Å². The molecule has 1 aliphatic carbocycles. The van der Waals surface area contributed by atoms with Crippen molar-refractivity contribution in [2.24, 2.45) is 5.92 Å². The van der Waals surface area contributed by atoms with Gasteiger partial charge in [-0.2, -0.15) is 0 Å². The predicted octanol–water partition coefficient (Wildman–Crippen LogP) is 1.93. The van der Waals surface area contributed by atoms with Gasteiger partial charge in [0.1, 0.15) is 0 Å². The van der Waals surface area contributed by atoms with E-state index in [1.165, 1.54) is 6.42 Å². The zero-order valence-electron chi connectivity index (χ0n) is 12.8. The number of rotatable bonds is 6. The molecule has 112 valence electrons. The topological polar surface area (TPSA) is 61.0 Å². The molecule has 1 amide bonds. The van der Waals surface area contributed by atoms with E-state index in [1.807, 2.05) is 4.90 Å². The summed E-state index contributed by atoms with van der Waals surface area (Å²) in [6.45, 7) is 8.60. The number of hydrogen-bond donors (Lipinski definition) is 2. The van der Waals surface area contributed by atoms with Gasteiger partial charge < -0.3 is 15.2 Å². The zero-order chi connectivity index (χ0) is 14.6. The molecule has 2 rings (SSSR count). The van der Waals surface area contributed by atoms with Crippen molar-refractivity contribution in [2.45, 2.75) is 52.1 Å². The summed E-state index contributed by atoms with van der Waals surface area (Å²) in [6, 6.07) is 0. The molecule has 0 unspecified atom stereocenters. The van der Waals surface area contributed by atoms with Crippen LogP contribution in [0.4, 0.5) is 0 Å². The molecule has 1 aliphatic rings. The Morgan fingerprint density at radius 2 is 2.25 bits per heavy atom. The maximum Gasteiger partial charge on any atom is 0.226 e. The van der Waals surface area contributed by atoms with Crippen LogP contribution in [0.1, 0.15) is 45.7 Å². The summed E-state index contributed by atoms with van der Waals surface area (Å²) in [5, 5.41) is 3.44. The van der Waals surface area contributed by atoms with Gasteiger partial charge in [-0.3, -0.25) is 4.79 Å². The number of imidazole rings is 1. The first-order valence-electron chi connectivity index (χ1n) is 7.47. The molecule has 5 nitrogen and oxygen atoms in total. The lowest BCUT2D eigenvalue weighted by atomic mass is 9.84. The molecule has 20 heavy (non-hydrogen) atoms. The molecule has 0 spiro atoms. The molecule has 0 bridgehead atoms. The van der Waals surface area contributed by atoms with Gasteiger partial charge in [-0.05, 0) is 33.6 Å². The van der Waals surface area contributed by atoms with Crippen LogP contribution in [-0.4, -0.2) is 39.4 Å². The highest BCUT2D eigenvalue weighted by Crippen LogP contribution is 2.28. The third-order valence-electron chi connectivity index (χ3n) is 3.72. The summed E-state index contributed by atoms with van der Waals surface area (Å²) in [4.78, 5) is 21.5. The van der Waals surface area contributed by atoms with Crippen molar-refractivity contribution in [3.05, 3.63) is 18.2 Å². The van der Waals surface area contributed by atoms with Crippen LogP contribution in [0.25, 0.3) is 0 Å². The molecule has 2 N–H and O–H groups in total. The van der Waals surface area contributed by atoms with Gasteiger partial charge in [0, 0.05) is 30.7 Å². The fourth-order valence-corrected chi connectivity index (χ4v) is 2.32. The number of aromatic nitrogens is 2. The SMILES string of the molecule is CC(C)(C)NCCN(Cc1cnc[nH]1)C(=O)C1CCC1. The van der Waals surface area contributed by atoms with Gasteiger partial charge in [0.15, 0.2) is 0 Å². The summed E-state index contributed by atoms with van der Waals surface area (Å²) in [7, 11) is 0. The largest absolute Gasteiger partial charge is 0.347 e. The molecule has 1 fully saturated rings. The normalized spacial score (nSPS) is 15.9. The van der Waals surface area contributed by atoms with Gasteiger partial charge in [-0.25, -0.2) is 4.98 Å². The smallest absolute Gasteiger partial charge is 0.226 e. The van der Waals surface area contributed by atoms with Gasteiger partial charge in [-0.15, -0.1) is 0 Å². The van der Waals surface area contributed by atoms with E-state index in [0.717, 1.165) is 31.6 Å². The Morgan fingerprint density at radius 1 is 1.50 bits per heavy atom. The van der Waals surface area contributed by atoms with Crippen LogP contribution in [0.2, 0.25) is 0 Å². The van der Waals surface area contributed by atoms with Crippen molar-refractivity contribution in [1.29, 1.82) is 0 Å². The predicted molar refractivity (Wildman–Crippen MR) is 79.1 cm³/mol. The van der Waals surface area contributed by atoms with E-state index in [9.17, 15) is 4.79 Å². The first kappa shape index (κ1) is 15.0. The van der Waals surface area contributed by atoms with E-state index >= 15 is 0 Å². The average molecular weight is 278 g/mol. The number of carbonyl (C=O) groups excluding carboxylic acids is 1. The maximum absolute atomic E-state index is 12.5. The Hall–Kier alpha value is -1.36. The Labute approximate surface area is 121 Å². The first-order chi connectivity index (χ1) is 9.46. The molecular formula is C15H26N4O. The molecule has 0 radical (unpaired) electrons. The minimum absolute atomic E-state index is 0.0825. The van der Waals surface area contributed by atoms with Crippen molar-refractivity contribution < 1.29 is 4.79 Å². The van der Waals surface area contributed by atoms with Crippen LogP contribution in [0.3, 0.4) is 0 Å². The van der Waals surface area contributed by atoms with Crippen molar-refractivity contribution >= 4 is 5.91 Å². The van der Waals surface area contributed by atoms with Crippen molar-refractivity contribution in [1.82, 2.24) is 20.2 Å². The highest BCUT2D eigenvalue weighted by molar-refractivity contribution is 5.79. The molecule has 0 atom stereocenters. The quantitative estimate of drug-likeness (QED) is 0.836. The number of aromatic amines is 1. The van der Waals surface area contributed by atoms with Gasteiger partial charge >= 0.3 is 0 Å². The Balaban J connectivity index is 1.90. The lowest BCUT2D eigenvalue weighted by Gasteiger charge is -2.32. The zero-order valence-corrected chi connectivity index (χ0v) is 12.8. The number of nitrogens with zero attached hydrogens (tertiary/aromatic N) is 2. The van der Waals surface area contributed by atoms with Gasteiger partial charge in [0.25, 0.3) is 0 Å². The van der Waals surface area contributed by atoms with Crippen LogP contribution in [0.15, 0.2) is 12.5 Å². The molecule has 0 aromatic carbocycles. The lowest BCUT2D eigenvalue weighted by molar-refractivity contribution is -0.138. The second kappa shape index (κ2) is 6.39. The van der Waals surface area contributed by atoms with Crippen molar-refractivity contribution in [3.63, 3.8) is 0 Å². The fourth-order valence-electron chi connectivity index (χ4n) is 2.32.